The van der Waals surface area contributed by atoms with Crippen LogP contribution in [0.5, 0.6) is 0 Å². The number of tetrazole rings is 1. The monoisotopic (exact) mass is 415 g/mol. The van der Waals surface area contributed by atoms with E-state index in [1.165, 1.54) is 0 Å². The molecule has 29 heavy (non-hydrogen) atoms. The highest BCUT2D eigenvalue weighted by Gasteiger charge is 2.42. The molecule has 154 valence electrons. The summed E-state index contributed by atoms with van der Waals surface area (Å²) in [5.74, 6) is -3.73. The highest BCUT2D eigenvalue weighted by Crippen LogP contribution is 2.33. The molecule has 0 aliphatic carbocycles. The van der Waals surface area contributed by atoms with E-state index in [-0.39, 0.29) is 11.1 Å². The van der Waals surface area contributed by atoms with Crippen molar-refractivity contribution < 1.29 is 32.2 Å². The van der Waals surface area contributed by atoms with Crippen LogP contribution in [0.15, 0.2) is 48.9 Å². The third-order valence-corrected chi connectivity index (χ3v) is 4.17. The van der Waals surface area contributed by atoms with E-state index in [0.717, 1.165) is 53.6 Å². The molecule has 0 saturated carbocycles. The quantitative estimate of drug-likeness (QED) is 0.600. The number of benzene rings is 1. The van der Waals surface area contributed by atoms with Crippen LogP contribution in [0.4, 0.5) is 22.0 Å². The molecule has 3 aromatic rings. The number of rotatable bonds is 6. The number of hydrogen-bond donors (Lipinski definition) is 2. The molecule has 7 nitrogen and oxygen atoms in total. The van der Waals surface area contributed by atoms with Gasteiger partial charge < -0.3 is 10.2 Å². The highest BCUT2D eigenvalue weighted by molar-refractivity contribution is 5.32. The summed E-state index contributed by atoms with van der Waals surface area (Å²) in [5, 5.41) is 30.0. The van der Waals surface area contributed by atoms with Gasteiger partial charge >= 0.3 is 12.1 Å². The lowest BCUT2D eigenvalue weighted by molar-refractivity contribution is -0.137. The first-order valence-corrected chi connectivity index (χ1v) is 8.17. The second kappa shape index (κ2) is 7.79. The van der Waals surface area contributed by atoms with Gasteiger partial charge in [-0.15, -0.1) is 5.10 Å². The molecule has 0 saturated heterocycles. The first-order chi connectivity index (χ1) is 13.6. The number of aromatic nitrogens is 5. The maximum atomic E-state index is 14.4. The molecule has 0 aliphatic rings. The Morgan fingerprint density at radius 1 is 0.931 bits per heavy atom. The lowest BCUT2D eigenvalue weighted by Crippen LogP contribution is -2.35. The van der Waals surface area contributed by atoms with Crippen molar-refractivity contribution in [3.05, 3.63) is 71.3 Å². The van der Waals surface area contributed by atoms with Crippen molar-refractivity contribution in [3.8, 4) is 0 Å². The van der Waals surface area contributed by atoms with Crippen LogP contribution >= 0.6 is 0 Å². The Balaban J connectivity index is 1.75. The maximum Gasteiger partial charge on any atom is 0.416 e. The molecular weight excluding hydrogens is 401 g/mol. The first kappa shape index (κ1) is 20.7. The van der Waals surface area contributed by atoms with Crippen molar-refractivity contribution in [2.45, 2.75) is 30.9 Å². The van der Waals surface area contributed by atoms with Gasteiger partial charge in [-0.3, -0.25) is 4.98 Å². The predicted octanol–water partition coefficient (Wildman–Crippen LogP) is 2.32. The van der Waals surface area contributed by atoms with Crippen molar-refractivity contribution in [1.29, 1.82) is 0 Å². The topological polar surface area (TPSA) is 97.0 Å². The first-order valence-electron chi connectivity index (χ1n) is 8.17. The van der Waals surface area contributed by atoms with Crippen LogP contribution in [-0.2, 0) is 18.6 Å². The maximum absolute atomic E-state index is 14.4. The Hall–Kier alpha value is -2.99. The zero-order chi connectivity index (χ0) is 21.2. The van der Waals surface area contributed by atoms with Gasteiger partial charge in [0.25, 0.3) is 0 Å². The summed E-state index contributed by atoms with van der Waals surface area (Å²) in [6, 6.07) is 5.87. The summed E-state index contributed by atoms with van der Waals surface area (Å²) >= 11 is 0. The summed E-state index contributed by atoms with van der Waals surface area (Å²) in [5.41, 5.74) is -1.39. The van der Waals surface area contributed by atoms with Crippen molar-refractivity contribution in [2.75, 3.05) is 0 Å². The number of alkyl halides is 5. The molecule has 3 rings (SSSR count). The average Bonchev–Trinajstić information content (AvgIpc) is 3.20. The number of aliphatic hydroxyl groups excluding tert-OH is 2. The minimum absolute atomic E-state index is 0.0966. The van der Waals surface area contributed by atoms with E-state index in [2.05, 4.69) is 20.5 Å². The summed E-state index contributed by atoms with van der Waals surface area (Å²) in [6.07, 6.45) is -6.00. The molecule has 1 aromatic carbocycles. The predicted molar refractivity (Wildman–Crippen MR) is 87.5 cm³/mol. The van der Waals surface area contributed by atoms with E-state index in [1.54, 1.807) is 0 Å². The van der Waals surface area contributed by atoms with E-state index in [4.69, 9.17) is 0 Å². The number of pyridine rings is 1. The van der Waals surface area contributed by atoms with Crippen LogP contribution in [0.3, 0.4) is 0 Å². The molecule has 0 fully saturated rings. The summed E-state index contributed by atoms with van der Waals surface area (Å²) < 4.78 is 67.5. The van der Waals surface area contributed by atoms with Gasteiger partial charge in [0.1, 0.15) is 24.2 Å². The van der Waals surface area contributed by atoms with Gasteiger partial charge in [-0.25, -0.2) is 4.68 Å². The van der Waals surface area contributed by atoms with E-state index >= 15 is 0 Å². The number of hydrogen-bond acceptors (Lipinski definition) is 6. The largest absolute Gasteiger partial charge is 0.416 e. The SMILES string of the molecule is OC(c1ccc(C(F)(F)F)cc1)c1ccc(C(F)(F)C(O)Cn2cnnn2)nc1. The van der Waals surface area contributed by atoms with Crippen molar-refractivity contribution in [2.24, 2.45) is 0 Å². The van der Waals surface area contributed by atoms with Crippen molar-refractivity contribution in [3.63, 3.8) is 0 Å². The molecule has 0 spiro atoms. The second-order valence-electron chi connectivity index (χ2n) is 6.17. The fraction of sp³-hybridized carbons (Fsp3) is 0.294. The summed E-state index contributed by atoms with van der Waals surface area (Å²) in [6.45, 7) is -0.572. The normalized spacial score (nSPS) is 14.6. The Kier molecular flexibility index (Phi) is 5.57. The summed E-state index contributed by atoms with van der Waals surface area (Å²) in [4.78, 5) is 3.59. The van der Waals surface area contributed by atoms with E-state index in [9.17, 15) is 32.2 Å². The highest BCUT2D eigenvalue weighted by atomic mass is 19.4. The van der Waals surface area contributed by atoms with Crippen LogP contribution < -0.4 is 0 Å². The minimum atomic E-state index is -4.51. The Morgan fingerprint density at radius 3 is 2.10 bits per heavy atom. The Morgan fingerprint density at radius 2 is 1.59 bits per heavy atom. The zero-order valence-electron chi connectivity index (χ0n) is 14.5. The van der Waals surface area contributed by atoms with Crippen LogP contribution in [0, 0.1) is 0 Å². The standard InChI is InChI=1S/C17H14F5N5O2/c18-16(19,14(28)8-27-9-24-25-26-27)13-6-3-11(7-23-13)15(29)10-1-4-12(5-2-10)17(20,21)22/h1-7,9,14-15,28-29H,8H2. The molecule has 2 N–H and O–H groups in total. The van der Waals surface area contributed by atoms with Crippen LogP contribution in [0.2, 0.25) is 0 Å². The van der Waals surface area contributed by atoms with Gasteiger partial charge in [0.05, 0.1) is 12.1 Å². The third kappa shape index (κ3) is 4.54. The molecule has 2 aromatic heterocycles. The fourth-order valence-electron chi connectivity index (χ4n) is 2.54. The fourth-order valence-corrected chi connectivity index (χ4v) is 2.54. The molecule has 0 amide bonds. The van der Waals surface area contributed by atoms with Gasteiger partial charge in [-0.2, -0.15) is 22.0 Å². The van der Waals surface area contributed by atoms with Crippen LogP contribution in [0.25, 0.3) is 0 Å². The summed E-state index contributed by atoms with van der Waals surface area (Å²) in [7, 11) is 0. The molecular formula is C17H14F5N5O2. The molecule has 0 aliphatic heterocycles. The van der Waals surface area contributed by atoms with Gasteiger partial charge in [-0.1, -0.05) is 18.2 Å². The minimum Gasteiger partial charge on any atom is -0.384 e. The van der Waals surface area contributed by atoms with Crippen molar-refractivity contribution in [1.82, 2.24) is 25.2 Å². The average molecular weight is 415 g/mol. The second-order valence-corrected chi connectivity index (χ2v) is 6.17. The molecule has 2 atom stereocenters. The zero-order valence-corrected chi connectivity index (χ0v) is 14.5. The van der Waals surface area contributed by atoms with Crippen LogP contribution in [-0.4, -0.2) is 41.5 Å². The van der Waals surface area contributed by atoms with Gasteiger partial charge in [0.2, 0.25) is 0 Å². The molecule has 12 heteroatoms. The molecule has 2 heterocycles. The van der Waals surface area contributed by atoms with E-state index in [1.807, 2.05) is 0 Å². The smallest absolute Gasteiger partial charge is 0.384 e. The Bertz CT molecular complexity index is 930. The van der Waals surface area contributed by atoms with Gasteiger partial charge in [0, 0.05) is 11.8 Å². The van der Waals surface area contributed by atoms with Gasteiger partial charge in [-0.05, 0) is 34.2 Å². The molecule has 2 unspecified atom stereocenters. The number of nitrogens with zero attached hydrogens (tertiary/aromatic N) is 5. The van der Waals surface area contributed by atoms with Crippen molar-refractivity contribution >= 4 is 0 Å². The molecule has 0 bridgehead atoms. The number of aliphatic hydroxyl groups is 2. The number of halogens is 5. The lowest BCUT2D eigenvalue weighted by atomic mass is 10.0. The van der Waals surface area contributed by atoms with E-state index < -0.39 is 42.1 Å². The van der Waals surface area contributed by atoms with Crippen LogP contribution in [0.1, 0.15) is 28.5 Å². The van der Waals surface area contributed by atoms with E-state index in [0.29, 0.717) is 0 Å². The molecule has 0 radical (unpaired) electrons. The van der Waals surface area contributed by atoms with Gasteiger partial charge in [0.15, 0.2) is 0 Å². The lowest BCUT2D eigenvalue weighted by Gasteiger charge is -2.22. The third-order valence-electron chi connectivity index (χ3n) is 4.17. The Labute approximate surface area is 160 Å².